The highest BCUT2D eigenvalue weighted by molar-refractivity contribution is 7.16. The zero-order valence-electron chi connectivity index (χ0n) is 13.4. The van der Waals surface area contributed by atoms with Gasteiger partial charge in [-0.25, -0.2) is 0 Å². The number of para-hydroxylation sites is 1. The molecular formula is C18H18N2O2S. The Morgan fingerprint density at radius 1 is 1.13 bits per heavy atom. The zero-order chi connectivity index (χ0) is 16.4. The van der Waals surface area contributed by atoms with Crippen molar-refractivity contribution in [2.45, 2.75) is 13.8 Å². The van der Waals surface area contributed by atoms with Gasteiger partial charge in [0.05, 0.1) is 10.2 Å². The molecule has 0 N–H and O–H groups in total. The first kappa shape index (κ1) is 15.5. The van der Waals surface area contributed by atoms with Gasteiger partial charge in [-0.1, -0.05) is 41.7 Å². The van der Waals surface area contributed by atoms with Gasteiger partial charge in [-0.05, 0) is 37.1 Å². The van der Waals surface area contributed by atoms with Crippen molar-refractivity contribution in [3.8, 4) is 5.75 Å². The maximum atomic E-state index is 12.1. The fourth-order valence-electron chi connectivity index (χ4n) is 2.47. The third-order valence-corrected chi connectivity index (χ3v) is 4.94. The van der Waals surface area contributed by atoms with Gasteiger partial charge < -0.3 is 9.30 Å². The number of aryl methyl sites for hydroxylation is 3. The lowest BCUT2D eigenvalue weighted by Crippen LogP contribution is -2.17. The molecule has 0 aliphatic carbocycles. The lowest BCUT2D eigenvalue weighted by Gasteiger charge is -2.02. The monoisotopic (exact) mass is 326 g/mol. The molecule has 4 nitrogen and oxygen atoms in total. The number of nitrogens with zero attached hydrogens (tertiary/aromatic N) is 2. The summed E-state index contributed by atoms with van der Waals surface area (Å²) in [6, 6.07) is 13.5. The Balaban J connectivity index is 1.89. The molecule has 0 atom stereocenters. The van der Waals surface area contributed by atoms with Crippen molar-refractivity contribution in [3.05, 3.63) is 58.4 Å². The van der Waals surface area contributed by atoms with Gasteiger partial charge in [0.25, 0.3) is 5.91 Å². The molecule has 2 aromatic carbocycles. The molecule has 0 spiro atoms. The molecule has 0 aliphatic heterocycles. The van der Waals surface area contributed by atoms with E-state index in [1.54, 1.807) is 0 Å². The Morgan fingerprint density at radius 3 is 2.52 bits per heavy atom. The van der Waals surface area contributed by atoms with Crippen molar-refractivity contribution in [2.24, 2.45) is 12.0 Å². The number of rotatable bonds is 3. The normalized spacial score (nSPS) is 11.9. The summed E-state index contributed by atoms with van der Waals surface area (Å²) in [5.41, 5.74) is 3.50. The first-order valence-corrected chi connectivity index (χ1v) is 8.19. The van der Waals surface area contributed by atoms with Crippen molar-refractivity contribution in [3.63, 3.8) is 0 Å². The predicted octanol–water partition coefficient (Wildman–Crippen LogP) is 3.36. The molecule has 0 saturated carbocycles. The predicted molar refractivity (Wildman–Crippen MR) is 92.8 cm³/mol. The van der Waals surface area contributed by atoms with Gasteiger partial charge in [-0.3, -0.25) is 4.79 Å². The maximum Gasteiger partial charge on any atom is 0.286 e. The van der Waals surface area contributed by atoms with Crippen LogP contribution in [-0.4, -0.2) is 17.1 Å². The van der Waals surface area contributed by atoms with E-state index in [0.717, 1.165) is 5.52 Å². The Bertz CT molecular complexity index is 923. The van der Waals surface area contributed by atoms with Crippen molar-refractivity contribution in [1.82, 2.24) is 4.57 Å². The Labute approximate surface area is 138 Å². The second-order valence-electron chi connectivity index (χ2n) is 5.43. The highest BCUT2D eigenvalue weighted by Crippen LogP contribution is 2.23. The molecule has 0 fully saturated rings. The molecule has 1 amide bonds. The van der Waals surface area contributed by atoms with Gasteiger partial charge in [-0.15, -0.1) is 0 Å². The fraction of sp³-hybridized carbons (Fsp3) is 0.222. The van der Waals surface area contributed by atoms with Gasteiger partial charge in [0.1, 0.15) is 5.75 Å². The highest BCUT2D eigenvalue weighted by atomic mass is 32.1. The van der Waals surface area contributed by atoms with Crippen LogP contribution >= 0.6 is 11.3 Å². The number of carbonyl (C=O) groups is 1. The molecule has 23 heavy (non-hydrogen) atoms. The van der Waals surface area contributed by atoms with E-state index < -0.39 is 0 Å². The average molecular weight is 326 g/mol. The summed E-state index contributed by atoms with van der Waals surface area (Å²) in [7, 11) is 1.94. The van der Waals surface area contributed by atoms with E-state index in [-0.39, 0.29) is 12.5 Å². The van der Waals surface area contributed by atoms with Crippen molar-refractivity contribution < 1.29 is 9.53 Å². The van der Waals surface area contributed by atoms with Crippen molar-refractivity contribution in [1.29, 1.82) is 0 Å². The first-order chi connectivity index (χ1) is 11.1. The first-order valence-electron chi connectivity index (χ1n) is 7.37. The second kappa shape index (κ2) is 6.38. The van der Waals surface area contributed by atoms with E-state index in [0.29, 0.717) is 10.6 Å². The molecule has 0 aliphatic rings. The number of amides is 1. The van der Waals surface area contributed by atoms with Crippen LogP contribution < -0.4 is 9.54 Å². The third-order valence-electron chi connectivity index (χ3n) is 3.67. The van der Waals surface area contributed by atoms with E-state index in [4.69, 9.17) is 4.74 Å². The number of hydrogen-bond acceptors (Lipinski definition) is 3. The molecule has 3 rings (SSSR count). The summed E-state index contributed by atoms with van der Waals surface area (Å²) in [6.07, 6.45) is 0. The smallest absolute Gasteiger partial charge is 0.286 e. The van der Waals surface area contributed by atoms with Crippen LogP contribution in [0.5, 0.6) is 5.75 Å². The molecule has 1 heterocycles. The lowest BCUT2D eigenvalue weighted by molar-refractivity contribution is -0.120. The lowest BCUT2D eigenvalue weighted by atomic mass is 10.1. The van der Waals surface area contributed by atoms with E-state index in [1.165, 1.54) is 27.2 Å². The summed E-state index contributed by atoms with van der Waals surface area (Å²) in [6.45, 7) is 4.08. The average Bonchev–Trinajstić information content (AvgIpc) is 2.88. The van der Waals surface area contributed by atoms with Gasteiger partial charge in [0.15, 0.2) is 11.4 Å². The van der Waals surface area contributed by atoms with Crippen LogP contribution in [0.1, 0.15) is 11.1 Å². The molecule has 0 saturated heterocycles. The summed E-state index contributed by atoms with van der Waals surface area (Å²) in [5, 5.41) is 0. The Hall–Kier alpha value is -2.40. The maximum absolute atomic E-state index is 12.1. The molecule has 118 valence electrons. The Kier molecular flexibility index (Phi) is 4.30. The summed E-state index contributed by atoms with van der Waals surface area (Å²) in [5.74, 6) is 0.384. The second-order valence-corrected chi connectivity index (χ2v) is 6.41. The van der Waals surface area contributed by atoms with Crippen LogP contribution in [0.4, 0.5) is 0 Å². The zero-order valence-corrected chi connectivity index (χ0v) is 14.2. The minimum Gasteiger partial charge on any atom is -0.484 e. The number of hydrogen-bond donors (Lipinski definition) is 0. The topological polar surface area (TPSA) is 43.6 Å². The fourth-order valence-corrected chi connectivity index (χ4v) is 3.65. The standard InChI is InChI=1S/C18H18N2O2S/c1-12-9-10-13(2)17-16(12)20(3)18(23-17)19-15(21)11-22-14-7-5-4-6-8-14/h4-10H,11H2,1-3H3. The minimum atomic E-state index is -0.286. The van der Waals surface area contributed by atoms with E-state index in [1.807, 2.05) is 41.9 Å². The van der Waals surface area contributed by atoms with Crippen LogP contribution in [0, 0.1) is 13.8 Å². The highest BCUT2D eigenvalue weighted by Gasteiger charge is 2.09. The van der Waals surface area contributed by atoms with Crippen molar-refractivity contribution in [2.75, 3.05) is 6.61 Å². The number of fused-ring (bicyclic) bond motifs is 1. The number of carbonyl (C=O) groups excluding carboxylic acids is 1. The van der Waals surface area contributed by atoms with Crippen LogP contribution in [-0.2, 0) is 11.8 Å². The van der Waals surface area contributed by atoms with Gasteiger partial charge in [0.2, 0.25) is 0 Å². The molecule has 0 bridgehead atoms. The number of ether oxygens (including phenoxy) is 1. The SMILES string of the molecule is Cc1ccc(C)c2c1sc(=NC(=O)COc1ccccc1)n2C. The van der Waals surface area contributed by atoms with Crippen LogP contribution in [0.3, 0.4) is 0 Å². The van der Waals surface area contributed by atoms with Crippen molar-refractivity contribution >= 4 is 27.5 Å². The molecule has 3 aromatic rings. The van der Waals surface area contributed by atoms with Crippen LogP contribution in [0.25, 0.3) is 10.2 Å². The molecular weight excluding hydrogens is 308 g/mol. The summed E-state index contributed by atoms with van der Waals surface area (Å²) >= 11 is 1.53. The molecule has 0 radical (unpaired) electrons. The largest absolute Gasteiger partial charge is 0.484 e. The number of thiazole rings is 1. The Morgan fingerprint density at radius 2 is 1.83 bits per heavy atom. The van der Waals surface area contributed by atoms with E-state index in [9.17, 15) is 4.79 Å². The van der Waals surface area contributed by atoms with E-state index >= 15 is 0 Å². The third kappa shape index (κ3) is 3.19. The van der Waals surface area contributed by atoms with Gasteiger partial charge in [-0.2, -0.15) is 4.99 Å². The van der Waals surface area contributed by atoms with E-state index in [2.05, 4.69) is 31.0 Å². The summed E-state index contributed by atoms with van der Waals surface area (Å²) < 4.78 is 8.60. The van der Waals surface area contributed by atoms with Crippen LogP contribution in [0.2, 0.25) is 0 Å². The molecule has 0 unspecified atom stereocenters. The molecule has 5 heteroatoms. The number of aromatic nitrogens is 1. The minimum absolute atomic E-state index is 0.0593. The van der Waals surface area contributed by atoms with Crippen LogP contribution in [0.15, 0.2) is 47.5 Å². The van der Waals surface area contributed by atoms with Gasteiger partial charge >= 0.3 is 0 Å². The molecule has 1 aromatic heterocycles. The van der Waals surface area contributed by atoms with Gasteiger partial charge in [0, 0.05) is 7.05 Å². The number of benzene rings is 2. The quantitative estimate of drug-likeness (QED) is 0.741. The summed E-state index contributed by atoms with van der Waals surface area (Å²) in [4.78, 5) is 17.0.